The number of aryl methyl sites for hydroxylation is 2. The first-order chi connectivity index (χ1) is 11.8. The van der Waals surface area contributed by atoms with Gasteiger partial charge in [0.15, 0.2) is 0 Å². The maximum absolute atomic E-state index is 10.4. The summed E-state index contributed by atoms with van der Waals surface area (Å²) in [5, 5.41) is 20.8. The zero-order valence-corrected chi connectivity index (χ0v) is 18.1. The van der Waals surface area contributed by atoms with Gasteiger partial charge in [0.25, 0.3) is 0 Å². The van der Waals surface area contributed by atoms with Gasteiger partial charge in [-0.25, -0.2) is 0 Å². The van der Waals surface area contributed by atoms with Crippen LogP contribution in [-0.4, -0.2) is 10.2 Å². The highest BCUT2D eigenvalue weighted by Gasteiger charge is 2.22. The molecule has 0 saturated heterocycles. The highest BCUT2D eigenvalue weighted by atomic mass is 32.2. The van der Waals surface area contributed by atoms with E-state index in [-0.39, 0.29) is 10.8 Å². The van der Waals surface area contributed by atoms with Crippen LogP contribution in [0.2, 0.25) is 0 Å². The number of aromatic hydroxyl groups is 2. The average Bonchev–Trinajstić information content (AvgIpc) is 2.49. The number of hydrogen-bond donors (Lipinski definition) is 2. The minimum atomic E-state index is -0.0973. The lowest BCUT2D eigenvalue weighted by Gasteiger charge is -2.23. The van der Waals surface area contributed by atoms with Gasteiger partial charge in [-0.2, -0.15) is 0 Å². The van der Waals surface area contributed by atoms with Crippen LogP contribution >= 0.6 is 11.8 Å². The number of thioether (sulfide) groups is 1. The zero-order chi connectivity index (χ0) is 19.9. The fourth-order valence-corrected chi connectivity index (χ4v) is 4.04. The van der Waals surface area contributed by atoms with Crippen molar-refractivity contribution in [2.75, 3.05) is 0 Å². The molecule has 0 aliphatic heterocycles. The van der Waals surface area contributed by atoms with E-state index in [9.17, 15) is 10.2 Å². The molecular weight excluding hydrogens is 340 g/mol. The molecule has 2 N–H and O–H groups in total. The molecule has 0 spiro atoms. The van der Waals surface area contributed by atoms with Crippen molar-refractivity contribution in [2.24, 2.45) is 0 Å². The fraction of sp³-hybridized carbons (Fsp3) is 0.478. The Labute approximate surface area is 162 Å². The summed E-state index contributed by atoms with van der Waals surface area (Å²) >= 11 is 1.77. The van der Waals surface area contributed by atoms with Crippen LogP contribution in [-0.2, 0) is 16.6 Å². The van der Waals surface area contributed by atoms with Crippen molar-refractivity contribution in [2.45, 2.75) is 76.9 Å². The summed E-state index contributed by atoms with van der Waals surface area (Å²) in [6, 6.07) is 8.33. The van der Waals surface area contributed by atoms with E-state index in [4.69, 9.17) is 0 Å². The molecule has 0 saturated carbocycles. The third-order valence-electron chi connectivity index (χ3n) is 4.66. The molecule has 26 heavy (non-hydrogen) atoms. The highest BCUT2D eigenvalue weighted by molar-refractivity contribution is 7.98. The van der Waals surface area contributed by atoms with Crippen molar-refractivity contribution in [1.82, 2.24) is 0 Å². The van der Waals surface area contributed by atoms with Gasteiger partial charge in [-0.15, -0.1) is 11.8 Å². The maximum atomic E-state index is 10.4. The topological polar surface area (TPSA) is 40.5 Å². The SMILES string of the molecule is Cc1cc(CSc2cc(C)c(O)c(C(C)(C)C)c2)cc(C(C)(C)C)c1O. The second-order valence-corrected chi connectivity index (χ2v) is 10.3. The van der Waals surface area contributed by atoms with E-state index in [0.717, 1.165) is 32.9 Å². The van der Waals surface area contributed by atoms with Crippen molar-refractivity contribution in [3.05, 3.63) is 52.1 Å². The fourth-order valence-electron chi connectivity index (χ4n) is 3.08. The minimum absolute atomic E-state index is 0.0932. The summed E-state index contributed by atoms with van der Waals surface area (Å²) in [4.78, 5) is 1.16. The summed E-state index contributed by atoms with van der Waals surface area (Å²) in [5.41, 5.74) is 4.83. The maximum Gasteiger partial charge on any atom is 0.122 e. The average molecular weight is 373 g/mol. The van der Waals surface area contributed by atoms with Gasteiger partial charge in [0.05, 0.1) is 0 Å². The number of phenols is 2. The van der Waals surface area contributed by atoms with Crippen molar-refractivity contribution in [3.63, 3.8) is 0 Å². The van der Waals surface area contributed by atoms with Crippen LogP contribution in [0.1, 0.15) is 69.4 Å². The third-order valence-corrected chi connectivity index (χ3v) is 5.70. The Morgan fingerprint density at radius 3 is 1.69 bits per heavy atom. The quantitative estimate of drug-likeness (QED) is 0.596. The second kappa shape index (κ2) is 7.19. The van der Waals surface area contributed by atoms with Crippen LogP contribution in [0.15, 0.2) is 29.2 Å². The molecule has 0 aliphatic carbocycles. The molecule has 0 aliphatic rings. The van der Waals surface area contributed by atoms with E-state index in [1.54, 1.807) is 11.8 Å². The smallest absolute Gasteiger partial charge is 0.122 e. The Morgan fingerprint density at radius 1 is 0.731 bits per heavy atom. The first-order valence-corrected chi connectivity index (χ1v) is 10.1. The largest absolute Gasteiger partial charge is 0.507 e. The molecule has 142 valence electrons. The molecule has 0 amide bonds. The van der Waals surface area contributed by atoms with Gasteiger partial charge in [-0.05, 0) is 59.1 Å². The molecule has 3 heteroatoms. The molecule has 2 aromatic carbocycles. The molecule has 2 rings (SSSR count). The van der Waals surface area contributed by atoms with E-state index in [1.165, 1.54) is 5.56 Å². The standard InChI is InChI=1S/C23H32O2S/c1-14-9-16(11-18(20(14)24)22(3,4)5)13-26-17-10-15(2)21(25)19(12-17)23(6,7)8/h9-12,24-25H,13H2,1-8H3. The lowest BCUT2D eigenvalue weighted by Crippen LogP contribution is -2.12. The van der Waals surface area contributed by atoms with Gasteiger partial charge in [0, 0.05) is 16.2 Å². The van der Waals surface area contributed by atoms with Gasteiger partial charge in [0.1, 0.15) is 11.5 Å². The number of phenolic OH excluding ortho intramolecular Hbond substituents is 2. The van der Waals surface area contributed by atoms with Gasteiger partial charge in [0.2, 0.25) is 0 Å². The van der Waals surface area contributed by atoms with E-state index in [0.29, 0.717) is 11.5 Å². The molecule has 0 bridgehead atoms. The summed E-state index contributed by atoms with van der Waals surface area (Å²) in [6.45, 7) is 16.6. The predicted molar refractivity (Wildman–Crippen MR) is 113 cm³/mol. The van der Waals surface area contributed by atoms with Gasteiger partial charge < -0.3 is 10.2 Å². The van der Waals surface area contributed by atoms with Crippen LogP contribution in [0.3, 0.4) is 0 Å². The molecule has 0 fully saturated rings. The van der Waals surface area contributed by atoms with Crippen molar-refractivity contribution < 1.29 is 10.2 Å². The van der Waals surface area contributed by atoms with Crippen LogP contribution < -0.4 is 0 Å². The van der Waals surface area contributed by atoms with Gasteiger partial charge in [-0.1, -0.05) is 53.7 Å². The zero-order valence-electron chi connectivity index (χ0n) is 17.3. The Morgan fingerprint density at radius 2 is 1.19 bits per heavy atom. The number of benzene rings is 2. The lowest BCUT2D eigenvalue weighted by atomic mass is 9.84. The van der Waals surface area contributed by atoms with Crippen molar-refractivity contribution in [1.29, 1.82) is 0 Å². The number of rotatable bonds is 3. The van der Waals surface area contributed by atoms with E-state index < -0.39 is 0 Å². The lowest BCUT2D eigenvalue weighted by molar-refractivity contribution is 0.441. The summed E-state index contributed by atoms with van der Waals surface area (Å²) in [7, 11) is 0. The Kier molecular flexibility index (Phi) is 5.72. The van der Waals surface area contributed by atoms with Crippen LogP contribution in [0, 0.1) is 13.8 Å². The predicted octanol–water partition coefficient (Wildman–Crippen LogP) is 6.60. The Balaban J connectivity index is 2.33. The second-order valence-electron chi connectivity index (χ2n) is 9.23. The molecule has 0 heterocycles. The van der Waals surface area contributed by atoms with Crippen molar-refractivity contribution >= 4 is 11.8 Å². The van der Waals surface area contributed by atoms with Gasteiger partial charge in [-0.3, -0.25) is 0 Å². The van der Waals surface area contributed by atoms with Crippen molar-refractivity contribution in [3.8, 4) is 11.5 Å². The first kappa shape index (κ1) is 20.7. The van der Waals surface area contributed by atoms with E-state index >= 15 is 0 Å². The van der Waals surface area contributed by atoms with E-state index in [2.05, 4.69) is 59.7 Å². The molecule has 0 radical (unpaired) electrons. The minimum Gasteiger partial charge on any atom is -0.507 e. The molecule has 2 nitrogen and oxygen atoms in total. The summed E-state index contributed by atoms with van der Waals surface area (Å²) in [5.74, 6) is 1.64. The van der Waals surface area contributed by atoms with Gasteiger partial charge >= 0.3 is 0 Å². The number of hydrogen-bond acceptors (Lipinski definition) is 3. The normalized spacial score (nSPS) is 12.5. The Bertz CT molecular complexity index is 739. The van der Waals surface area contributed by atoms with E-state index in [1.807, 2.05) is 19.9 Å². The van der Waals surface area contributed by atoms with Crippen LogP contribution in [0.5, 0.6) is 11.5 Å². The summed E-state index contributed by atoms with van der Waals surface area (Å²) in [6.07, 6.45) is 0. The molecule has 0 aromatic heterocycles. The van der Waals surface area contributed by atoms with Crippen LogP contribution in [0.25, 0.3) is 0 Å². The highest BCUT2D eigenvalue weighted by Crippen LogP contribution is 2.39. The monoisotopic (exact) mass is 372 g/mol. The molecule has 0 unspecified atom stereocenters. The Hall–Kier alpha value is -1.61. The molecule has 2 aromatic rings. The van der Waals surface area contributed by atoms with Crippen LogP contribution in [0.4, 0.5) is 0 Å². The molecular formula is C23H32O2S. The summed E-state index contributed by atoms with van der Waals surface area (Å²) < 4.78 is 0. The first-order valence-electron chi connectivity index (χ1n) is 9.10. The molecule has 0 atom stereocenters. The third kappa shape index (κ3) is 4.56.